The van der Waals surface area contributed by atoms with Gasteiger partial charge in [0.15, 0.2) is 0 Å². The summed E-state index contributed by atoms with van der Waals surface area (Å²) in [4.78, 5) is 14.5. The summed E-state index contributed by atoms with van der Waals surface area (Å²) in [5.41, 5.74) is 2.10. The third kappa shape index (κ3) is 4.83. The summed E-state index contributed by atoms with van der Waals surface area (Å²) in [6.45, 7) is 4.40. The van der Waals surface area contributed by atoms with Gasteiger partial charge in [-0.1, -0.05) is 40.2 Å². The molecule has 2 aromatic carbocycles. The molecule has 0 aliphatic carbocycles. The van der Waals surface area contributed by atoms with Gasteiger partial charge in [-0.2, -0.15) is 0 Å². The van der Waals surface area contributed by atoms with Crippen LogP contribution in [0.2, 0.25) is 0 Å². The Hall–Kier alpha value is -1.85. The Morgan fingerprint density at radius 3 is 2.60 bits per heavy atom. The smallest absolute Gasteiger partial charge is 0.227 e. The SMILES string of the molecule is CCOc1ccc(CC(=O)N2CCOC(c3ccc(Br)cc3)C2)cc1. The van der Waals surface area contributed by atoms with Crippen molar-refractivity contribution in [2.45, 2.75) is 19.4 Å². The molecule has 1 fully saturated rings. The van der Waals surface area contributed by atoms with Crippen molar-refractivity contribution >= 4 is 21.8 Å². The summed E-state index contributed by atoms with van der Waals surface area (Å²) in [5, 5.41) is 0. The highest BCUT2D eigenvalue weighted by molar-refractivity contribution is 9.10. The van der Waals surface area contributed by atoms with Crippen LogP contribution in [0.4, 0.5) is 0 Å². The summed E-state index contributed by atoms with van der Waals surface area (Å²) in [6, 6.07) is 15.8. The Morgan fingerprint density at radius 2 is 1.92 bits per heavy atom. The molecule has 0 bridgehead atoms. The lowest BCUT2D eigenvalue weighted by molar-refractivity contribution is -0.138. The molecule has 1 saturated heterocycles. The molecule has 2 aromatic rings. The summed E-state index contributed by atoms with van der Waals surface area (Å²) >= 11 is 3.44. The van der Waals surface area contributed by atoms with Crippen molar-refractivity contribution in [1.82, 2.24) is 4.90 Å². The third-order valence-corrected chi connectivity index (χ3v) is 4.78. The van der Waals surface area contributed by atoms with E-state index in [1.54, 1.807) is 0 Å². The standard InChI is InChI=1S/C20H22BrNO3/c1-2-24-18-9-3-15(4-10-18)13-20(23)22-11-12-25-19(14-22)16-5-7-17(21)8-6-16/h3-10,19H,2,11-14H2,1H3. The number of benzene rings is 2. The first kappa shape index (κ1) is 18.0. The fourth-order valence-corrected chi connectivity index (χ4v) is 3.18. The van der Waals surface area contributed by atoms with E-state index in [1.807, 2.05) is 60.4 Å². The molecule has 0 N–H and O–H groups in total. The average Bonchev–Trinajstić information content (AvgIpc) is 2.64. The minimum atomic E-state index is -0.0638. The van der Waals surface area contributed by atoms with Crippen molar-refractivity contribution < 1.29 is 14.3 Å². The predicted octanol–water partition coefficient (Wildman–Crippen LogP) is 3.99. The van der Waals surface area contributed by atoms with E-state index in [4.69, 9.17) is 9.47 Å². The number of halogens is 1. The van der Waals surface area contributed by atoms with Crippen LogP contribution in [-0.2, 0) is 16.0 Å². The molecular formula is C20H22BrNO3. The van der Waals surface area contributed by atoms with Crippen LogP contribution in [0.1, 0.15) is 24.2 Å². The molecule has 1 atom stereocenters. The van der Waals surface area contributed by atoms with Gasteiger partial charge in [0.1, 0.15) is 11.9 Å². The summed E-state index contributed by atoms with van der Waals surface area (Å²) in [6.07, 6.45) is 0.338. The minimum absolute atomic E-state index is 0.0638. The number of hydrogen-bond acceptors (Lipinski definition) is 3. The fourth-order valence-electron chi connectivity index (χ4n) is 2.91. The first-order valence-corrected chi connectivity index (χ1v) is 9.31. The fraction of sp³-hybridized carbons (Fsp3) is 0.350. The maximum absolute atomic E-state index is 12.6. The van der Waals surface area contributed by atoms with Crippen LogP contribution in [-0.4, -0.2) is 37.1 Å². The summed E-state index contributed by atoms with van der Waals surface area (Å²) in [7, 11) is 0. The Kier molecular flexibility index (Phi) is 6.10. The topological polar surface area (TPSA) is 38.8 Å². The number of nitrogens with zero attached hydrogens (tertiary/aromatic N) is 1. The van der Waals surface area contributed by atoms with Gasteiger partial charge in [0.25, 0.3) is 0 Å². The summed E-state index contributed by atoms with van der Waals surface area (Å²) < 4.78 is 12.3. The zero-order valence-electron chi connectivity index (χ0n) is 14.3. The van der Waals surface area contributed by atoms with Crippen LogP contribution in [0.5, 0.6) is 5.75 Å². The van der Waals surface area contributed by atoms with Crippen molar-refractivity contribution in [3.8, 4) is 5.75 Å². The Balaban J connectivity index is 1.60. The van der Waals surface area contributed by atoms with Gasteiger partial charge in [-0.05, 0) is 42.3 Å². The molecule has 0 saturated carbocycles. The molecule has 1 aliphatic heterocycles. The average molecular weight is 404 g/mol. The van der Waals surface area contributed by atoms with E-state index in [0.717, 1.165) is 21.3 Å². The van der Waals surface area contributed by atoms with E-state index in [2.05, 4.69) is 15.9 Å². The first-order chi connectivity index (χ1) is 12.2. The van der Waals surface area contributed by atoms with Crippen molar-refractivity contribution in [3.63, 3.8) is 0 Å². The Bertz CT molecular complexity index is 700. The van der Waals surface area contributed by atoms with Gasteiger partial charge in [0.2, 0.25) is 5.91 Å². The highest BCUT2D eigenvalue weighted by Crippen LogP contribution is 2.24. The molecule has 3 rings (SSSR count). The number of hydrogen-bond donors (Lipinski definition) is 0. The maximum atomic E-state index is 12.6. The first-order valence-electron chi connectivity index (χ1n) is 8.52. The minimum Gasteiger partial charge on any atom is -0.494 e. The molecule has 0 spiro atoms. The zero-order chi connectivity index (χ0) is 17.6. The van der Waals surface area contributed by atoms with E-state index in [0.29, 0.717) is 32.7 Å². The van der Waals surface area contributed by atoms with Gasteiger partial charge < -0.3 is 14.4 Å². The van der Waals surface area contributed by atoms with Gasteiger partial charge in [0.05, 0.1) is 26.2 Å². The van der Waals surface area contributed by atoms with Crippen LogP contribution >= 0.6 is 15.9 Å². The van der Waals surface area contributed by atoms with Crippen LogP contribution in [0, 0.1) is 0 Å². The van der Waals surface area contributed by atoms with Gasteiger partial charge in [-0.3, -0.25) is 4.79 Å². The van der Waals surface area contributed by atoms with E-state index in [-0.39, 0.29) is 12.0 Å². The number of carbonyl (C=O) groups excluding carboxylic acids is 1. The molecule has 0 radical (unpaired) electrons. The van der Waals surface area contributed by atoms with Crippen LogP contribution < -0.4 is 4.74 Å². The molecule has 1 amide bonds. The second-order valence-corrected chi connectivity index (χ2v) is 6.92. The molecule has 132 valence electrons. The molecule has 1 heterocycles. The number of carbonyl (C=O) groups is 1. The van der Waals surface area contributed by atoms with Gasteiger partial charge in [-0.15, -0.1) is 0 Å². The van der Waals surface area contributed by atoms with Crippen molar-refractivity contribution in [1.29, 1.82) is 0 Å². The number of ether oxygens (including phenoxy) is 2. The molecule has 1 unspecified atom stereocenters. The van der Waals surface area contributed by atoms with Gasteiger partial charge >= 0.3 is 0 Å². The van der Waals surface area contributed by atoms with E-state index >= 15 is 0 Å². The van der Waals surface area contributed by atoms with Crippen LogP contribution in [0.15, 0.2) is 53.0 Å². The van der Waals surface area contributed by atoms with Crippen LogP contribution in [0.25, 0.3) is 0 Å². The van der Waals surface area contributed by atoms with E-state index < -0.39 is 0 Å². The van der Waals surface area contributed by atoms with E-state index in [9.17, 15) is 4.79 Å². The molecule has 1 aliphatic rings. The molecule has 0 aromatic heterocycles. The molecule has 4 nitrogen and oxygen atoms in total. The second kappa shape index (κ2) is 8.50. The van der Waals surface area contributed by atoms with Crippen molar-refractivity contribution in [2.24, 2.45) is 0 Å². The molecule has 5 heteroatoms. The van der Waals surface area contributed by atoms with Gasteiger partial charge in [0, 0.05) is 11.0 Å². The summed E-state index contributed by atoms with van der Waals surface area (Å²) in [5.74, 6) is 0.968. The number of amides is 1. The third-order valence-electron chi connectivity index (χ3n) is 4.25. The van der Waals surface area contributed by atoms with Gasteiger partial charge in [-0.25, -0.2) is 0 Å². The number of morpholine rings is 1. The van der Waals surface area contributed by atoms with Crippen LogP contribution in [0.3, 0.4) is 0 Å². The Labute approximate surface area is 156 Å². The highest BCUT2D eigenvalue weighted by atomic mass is 79.9. The normalized spacial score (nSPS) is 17.4. The quantitative estimate of drug-likeness (QED) is 0.757. The monoisotopic (exact) mass is 403 g/mol. The molecule has 25 heavy (non-hydrogen) atoms. The lowest BCUT2D eigenvalue weighted by atomic mass is 10.1. The van der Waals surface area contributed by atoms with Crippen molar-refractivity contribution in [2.75, 3.05) is 26.3 Å². The predicted molar refractivity (Wildman–Crippen MR) is 101 cm³/mol. The largest absolute Gasteiger partial charge is 0.494 e. The second-order valence-electron chi connectivity index (χ2n) is 6.00. The Morgan fingerprint density at radius 1 is 1.20 bits per heavy atom. The van der Waals surface area contributed by atoms with Crippen molar-refractivity contribution in [3.05, 3.63) is 64.1 Å². The maximum Gasteiger partial charge on any atom is 0.227 e. The van der Waals surface area contributed by atoms with E-state index in [1.165, 1.54) is 0 Å². The molecular weight excluding hydrogens is 382 g/mol. The number of rotatable bonds is 5. The lowest BCUT2D eigenvalue weighted by Crippen LogP contribution is -2.42. The highest BCUT2D eigenvalue weighted by Gasteiger charge is 2.25. The lowest BCUT2D eigenvalue weighted by Gasteiger charge is -2.33. The zero-order valence-corrected chi connectivity index (χ0v) is 15.9.